The maximum absolute atomic E-state index is 5.25. The molecule has 0 saturated heterocycles. The van der Waals surface area contributed by atoms with Crippen molar-refractivity contribution in [2.75, 3.05) is 0 Å². The molecule has 0 radical (unpaired) electrons. The fraction of sp³-hybridized carbons (Fsp3) is 0. The largest absolute Gasteiger partial charge is 0.451 e. The van der Waals surface area contributed by atoms with Crippen LogP contribution < -0.4 is 0 Å². The maximum Gasteiger partial charge on any atom is 0.181 e. The van der Waals surface area contributed by atoms with Crippen LogP contribution in [0.5, 0.6) is 0 Å². The molecule has 0 spiro atoms. The van der Waals surface area contributed by atoms with E-state index in [0.717, 1.165) is 33.6 Å². The van der Waals surface area contributed by atoms with Gasteiger partial charge in [0.1, 0.15) is 23.9 Å². The number of nitrogens with zero attached hydrogens (tertiary/aromatic N) is 2. The number of hydrogen-bond donors (Lipinski definition) is 0. The van der Waals surface area contributed by atoms with Crippen LogP contribution in [0.25, 0.3) is 88.6 Å². The molecule has 0 fully saturated rings. The van der Waals surface area contributed by atoms with Gasteiger partial charge in [-0.1, -0.05) is 140 Å². The van der Waals surface area contributed by atoms with E-state index >= 15 is 0 Å². The van der Waals surface area contributed by atoms with Crippen LogP contribution in [0, 0.1) is 0 Å². The zero-order valence-electron chi connectivity index (χ0n) is 25.9. The molecular weight excluding hydrogens is 588 g/mol. The average molecular weight is 617 g/mol. The normalized spacial score (nSPS) is 11.3. The molecule has 48 heavy (non-hydrogen) atoms. The Labute approximate surface area is 277 Å². The van der Waals surface area contributed by atoms with Crippen molar-refractivity contribution in [3.8, 4) is 67.0 Å². The highest BCUT2D eigenvalue weighted by Crippen LogP contribution is 2.45. The smallest absolute Gasteiger partial charge is 0.181 e. The van der Waals surface area contributed by atoms with Crippen LogP contribution in [-0.4, -0.2) is 9.97 Å². The Morgan fingerprint density at radius 2 is 0.708 bits per heavy atom. The first-order chi connectivity index (χ1) is 23.8. The second kappa shape index (κ2) is 11.7. The maximum atomic E-state index is 5.25. The Morgan fingerprint density at radius 3 is 1.23 bits per heavy atom. The number of rotatable bonds is 6. The predicted octanol–water partition coefficient (Wildman–Crippen LogP) is 12.0. The quantitative estimate of drug-likeness (QED) is 0.174. The molecule has 0 amide bonds. The third-order valence-electron chi connectivity index (χ3n) is 9.15. The van der Waals surface area contributed by atoms with Gasteiger partial charge in [0.25, 0.3) is 0 Å². The van der Waals surface area contributed by atoms with Crippen molar-refractivity contribution in [3.05, 3.63) is 171 Å². The van der Waals surface area contributed by atoms with Crippen LogP contribution in [0.3, 0.4) is 0 Å². The lowest BCUT2D eigenvalue weighted by atomic mass is 9.84. The Balaban J connectivity index is 1.26. The van der Waals surface area contributed by atoms with E-state index in [-0.39, 0.29) is 0 Å². The van der Waals surface area contributed by atoms with E-state index in [1.54, 1.807) is 12.5 Å². The van der Waals surface area contributed by atoms with Gasteiger partial charge in [-0.3, -0.25) is 0 Å². The lowest BCUT2D eigenvalue weighted by Crippen LogP contribution is -1.92. The minimum Gasteiger partial charge on any atom is -0.451 e. The van der Waals surface area contributed by atoms with Crippen LogP contribution in [0.4, 0.5) is 0 Å². The first kappa shape index (κ1) is 27.8. The Hall–Kier alpha value is -6.52. The molecule has 7 aromatic carbocycles. The molecule has 4 nitrogen and oxygen atoms in total. The van der Waals surface area contributed by atoms with E-state index in [4.69, 9.17) is 8.83 Å². The number of benzene rings is 7. The van der Waals surface area contributed by atoms with Crippen molar-refractivity contribution in [3.63, 3.8) is 0 Å². The highest BCUT2D eigenvalue weighted by molar-refractivity contribution is 6.22. The lowest BCUT2D eigenvalue weighted by Gasteiger charge is -2.19. The van der Waals surface area contributed by atoms with Gasteiger partial charge in [0.05, 0.1) is 0 Å². The summed E-state index contributed by atoms with van der Waals surface area (Å²) in [5.74, 6) is 0. The van der Waals surface area contributed by atoms with Crippen molar-refractivity contribution < 1.29 is 8.83 Å². The number of hydrogen-bond acceptors (Lipinski definition) is 4. The number of oxazole rings is 2. The summed E-state index contributed by atoms with van der Waals surface area (Å²) in [5.41, 5.74) is 13.2. The molecule has 0 atom stereocenters. The SMILES string of the molecule is c1ccc(-c2ccc(-c3ccc4c(-c5ccc(-c6cocn6)cc5)c5ccccc5c(-c5ccc(-c6cocn6)cc5)c4c3)cc2)cc1. The molecule has 0 unspecified atom stereocenters. The summed E-state index contributed by atoms with van der Waals surface area (Å²) in [4.78, 5) is 8.69. The highest BCUT2D eigenvalue weighted by Gasteiger charge is 2.18. The fourth-order valence-corrected chi connectivity index (χ4v) is 6.79. The highest BCUT2D eigenvalue weighted by atomic mass is 16.3. The van der Waals surface area contributed by atoms with Gasteiger partial charge in [-0.25, -0.2) is 9.97 Å². The van der Waals surface area contributed by atoms with Gasteiger partial charge >= 0.3 is 0 Å². The molecule has 2 aromatic heterocycles. The Morgan fingerprint density at radius 1 is 0.312 bits per heavy atom. The van der Waals surface area contributed by atoms with Gasteiger partial charge in [0.2, 0.25) is 0 Å². The minimum atomic E-state index is 0.821. The van der Waals surface area contributed by atoms with E-state index < -0.39 is 0 Å². The fourth-order valence-electron chi connectivity index (χ4n) is 6.79. The van der Waals surface area contributed by atoms with E-state index in [9.17, 15) is 0 Å². The second-order valence-electron chi connectivity index (χ2n) is 11.9. The monoisotopic (exact) mass is 616 g/mol. The van der Waals surface area contributed by atoms with Crippen molar-refractivity contribution in [1.82, 2.24) is 9.97 Å². The lowest BCUT2D eigenvalue weighted by molar-refractivity contribution is 0.558. The standard InChI is InChI=1S/C44H28N2O2/c1-2-6-29(7-3-1)30-10-12-31(13-11-30)36-22-23-39-40(24-36)44(35-20-16-33(17-21-35)42-26-48-28-46-42)38-9-5-4-8-37(38)43(39)34-18-14-32(15-19-34)41-25-47-27-45-41/h1-28H. The summed E-state index contributed by atoms with van der Waals surface area (Å²) in [5, 5.41) is 4.80. The molecule has 0 aliphatic carbocycles. The summed E-state index contributed by atoms with van der Waals surface area (Å²) in [6.45, 7) is 0. The second-order valence-corrected chi connectivity index (χ2v) is 11.9. The van der Waals surface area contributed by atoms with Gasteiger partial charge in [-0.15, -0.1) is 0 Å². The van der Waals surface area contributed by atoms with Crippen LogP contribution in [0.1, 0.15) is 0 Å². The molecule has 9 rings (SSSR count). The van der Waals surface area contributed by atoms with Crippen molar-refractivity contribution in [1.29, 1.82) is 0 Å². The topological polar surface area (TPSA) is 52.1 Å². The van der Waals surface area contributed by atoms with Gasteiger partial charge in [0.15, 0.2) is 12.8 Å². The summed E-state index contributed by atoms with van der Waals surface area (Å²) >= 11 is 0. The van der Waals surface area contributed by atoms with Gasteiger partial charge < -0.3 is 8.83 Å². The summed E-state index contributed by atoms with van der Waals surface area (Å²) < 4.78 is 10.5. The first-order valence-electron chi connectivity index (χ1n) is 15.9. The molecule has 0 aliphatic rings. The molecular formula is C44H28N2O2. The molecule has 2 heterocycles. The number of aromatic nitrogens is 2. The van der Waals surface area contributed by atoms with Gasteiger partial charge in [0, 0.05) is 11.1 Å². The van der Waals surface area contributed by atoms with E-state index in [1.807, 2.05) is 0 Å². The Bertz CT molecular complexity index is 2500. The van der Waals surface area contributed by atoms with E-state index in [0.29, 0.717) is 0 Å². The zero-order valence-corrected chi connectivity index (χ0v) is 25.9. The molecule has 0 N–H and O–H groups in total. The molecule has 0 aliphatic heterocycles. The van der Waals surface area contributed by atoms with E-state index in [1.165, 1.54) is 67.7 Å². The molecule has 0 bridgehead atoms. The van der Waals surface area contributed by atoms with Crippen LogP contribution >= 0.6 is 0 Å². The van der Waals surface area contributed by atoms with Crippen LogP contribution in [0.2, 0.25) is 0 Å². The van der Waals surface area contributed by atoms with Crippen molar-refractivity contribution in [2.24, 2.45) is 0 Å². The number of fused-ring (bicyclic) bond motifs is 2. The predicted molar refractivity (Wildman–Crippen MR) is 194 cm³/mol. The molecule has 0 saturated carbocycles. The van der Waals surface area contributed by atoms with Gasteiger partial charge in [-0.2, -0.15) is 0 Å². The minimum absolute atomic E-state index is 0.821. The Kier molecular flexibility index (Phi) is 6.76. The van der Waals surface area contributed by atoms with Crippen molar-refractivity contribution in [2.45, 2.75) is 0 Å². The van der Waals surface area contributed by atoms with E-state index in [2.05, 4.69) is 156 Å². The summed E-state index contributed by atoms with van der Waals surface area (Å²) in [6.07, 6.45) is 6.29. The average Bonchev–Trinajstić information content (AvgIpc) is 3.91. The van der Waals surface area contributed by atoms with Crippen LogP contribution in [-0.2, 0) is 0 Å². The van der Waals surface area contributed by atoms with Crippen molar-refractivity contribution >= 4 is 21.5 Å². The van der Waals surface area contributed by atoms with Crippen LogP contribution in [0.15, 0.2) is 180 Å². The first-order valence-corrected chi connectivity index (χ1v) is 15.9. The molecule has 9 aromatic rings. The molecule has 226 valence electrons. The third-order valence-corrected chi connectivity index (χ3v) is 9.15. The summed E-state index contributed by atoms with van der Waals surface area (Å²) in [6, 6.07) is 52.2. The summed E-state index contributed by atoms with van der Waals surface area (Å²) in [7, 11) is 0. The zero-order chi connectivity index (χ0) is 31.9. The third kappa shape index (κ3) is 4.88. The van der Waals surface area contributed by atoms with Gasteiger partial charge in [-0.05, 0) is 72.1 Å². The molecule has 4 heteroatoms.